The summed E-state index contributed by atoms with van der Waals surface area (Å²) >= 11 is 2.03. The fourth-order valence-electron chi connectivity index (χ4n) is 9.15. The van der Waals surface area contributed by atoms with E-state index in [1.54, 1.807) is 0 Å². The van der Waals surface area contributed by atoms with Gasteiger partial charge in [0, 0.05) is 39.8 Å². The largest absolute Gasteiger partial charge is 0.337 e. The molecule has 0 aromatic heterocycles. The molecule has 4 atom stereocenters. The molecule has 49 heavy (non-hydrogen) atoms. The molecule has 0 bridgehead atoms. The Balaban J connectivity index is 1.01. The first kappa shape index (κ1) is 27.6. The predicted octanol–water partition coefficient (Wildman–Crippen LogP) is 12.2. The molecule has 5 aliphatic rings. The van der Waals surface area contributed by atoms with Crippen LogP contribution in [0.1, 0.15) is 23.5 Å². The van der Waals surface area contributed by atoms with Gasteiger partial charge in [0.05, 0.1) is 6.04 Å². The number of benzene rings is 6. The minimum atomic E-state index is 0.236. The Hall–Kier alpha value is -5.31. The fourth-order valence-corrected chi connectivity index (χ4v) is 10.6. The lowest BCUT2D eigenvalue weighted by atomic mass is 9.84. The Morgan fingerprint density at radius 1 is 0.633 bits per heavy atom. The molecule has 2 heteroatoms. The van der Waals surface area contributed by atoms with Crippen LogP contribution in [0.25, 0.3) is 49.0 Å². The Morgan fingerprint density at radius 3 is 2.39 bits per heavy atom. The van der Waals surface area contributed by atoms with E-state index in [0.717, 1.165) is 6.42 Å². The van der Waals surface area contributed by atoms with Crippen LogP contribution in [0.15, 0.2) is 180 Å². The summed E-state index contributed by atoms with van der Waals surface area (Å²) in [7, 11) is 0. The van der Waals surface area contributed by atoms with Gasteiger partial charge in [0.25, 0.3) is 0 Å². The maximum Gasteiger partial charge on any atom is 0.0626 e. The molecule has 11 rings (SSSR count). The van der Waals surface area contributed by atoms with E-state index in [9.17, 15) is 0 Å². The predicted molar refractivity (Wildman–Crippen MR) is 209 cm³/mol. The molecule has 0 fully saturated rings. The first-order chi connectivity index (χ1) is 24.3. The van der Waals surface area contributed by atoms with Crippen LogP contribution in [0, 0.1) is 5.92 Å². The van der Waals surface area contributed by atoms with Gasteiger partial charge in [0.15, 0.2) is 0 Å². The molecule has 4 unspecified atom stereocenters. The second kappa shape index (κ2) is 10.6. The van der Waals surface area contributed by atoms with Gasteiger partial charge in [-0.1, -0.05) is 152 Å². The summed E-state index contributed by atoms with van der Waals surface area (Å²) in [5.74, 6) is 0.757. The zero-order valence-corrected chi connectivity index (χ0v) is 27.8. The lowest BCUT2D eigenvalue weighted by molar-refractivity contribution is 0.683. The van der Waals surface area contributed by atoms with Gasteiger partial charge in [-0.15, -0.1) is 11.8 Å². The second-order valence-corrected chi connectivity index (χ2v) is 15.1. The van der Waals surface area contributed by atoms with Gasteiger partial charge in [0.1, 0.15) is 0 Å². The SMILES string of the molecule is C1=CCC2=C(C=C1)C1C=C(c3cccc4c3SC3C=CC=CC43)C=CC1N2c1cccc(-c2ccc3ccc4cccc5ccc2c3c45)c1. The summed E-state index contributed by atoms with van der Waals surface area (Å²) in [6.45, 7) is 0. The molecule has 0 radical (unpaired) electrons. The number of fused-ring (bicyclic) bond motifs is 5. The Kier molecular flexibility index (Phi) is 5.97. The summed E-state index contributed by atoms with van der Waals surface area (Å²) in [5, 5.41) is 8.47. The number of hydrogen-bond donors (Lipinski definition) is 0. The fraction of sp³-hybridized carbons (Fsp3) is 0.106. The molecule has 6 aromatic rings. The minimum Gasteiger partial charge on any atom is -0.337 e. The number of rotatable bonds is 3. The molecule has 0 saturated heterocycles. The molecule has 3 aliphatic carbocycles. The Morgan fingerprint density at radius 2 is 1.45 bits per heavy atom. The van der Waals surface area contributed by atoms with Crippen molar-refractivity contribution in [2.24, 2.45) is 5.92 Å². The van der Waals surface area contributed by atoms with Crippen LogP contribution in [0.3, 0.4) is 0 Å². The van der Waals surface area contributed by atoms with E-state index < -0.39 is 0 Å². The van der Waals surface area contributed by atoms with Gasteiger partial charge in [-0.05, 0) is 77.9 Å². The molecule has 0 saturated carbocycles. The van der Waals surface area contributed by atoms with Crippen molar-refractivity contribution in [3.63, 3.8) is 0 Å². The lowest BCUT2D eigenvalue weighted by Crippen LogP contribution is -2.33. The average molecular weight is 644 g/mol. The molecule has 1 nitrogen and oxygen atoms in total. The summed E-state index contributed by atoms with van der Waals surface area (Å²) in [6.07, 6.45) is 26.6. The van der Waals surface area contributed by atoms with Crippen molar-refractivity contribution in [3.05, 3.63) is 186 Å². The van der Waals surface area contributed by atoms with Crippen LogP contribution >= 0.6 is 11.8 Å². The Bertz CT molecular complexity index is 2570. The van der Waals surface area contributed by atoms with Crippen LogP contribution in [0.4, 0.5) is 5.69 Å². The van der Waals surface area contributed by atoms with Crippen LogP contribution in [0.2, 0.25) is 0 Å². The molecular formula is C47H33NS. The molecular weight excluding hydrogens is 611 g/mol. The third-order valence-electron chi connectivity index (χ3n) is 11.3. The lowest BCUT2D eigenvalue weighted by Gasteiger charge is -2.32. The number of anilines is 1. The highest BCUT2D eigenvalue weighted by atomic mass is 32.2. The van der Waals surface area contributed by atoms with Crippen molar-refractivity contribution in [1.29, 1.82) is 0 Å². The molecule has 2 aliphatic heterocycles. The van der Waals surface area contributed by atoms with E-state index in [1.807, 2.05) is 11.8 Å². The van der Waals surface area contributed by atoms with Crippen molar-refractivity contribution < 1.29 is 0 Å². The smallest absolute Gasteiger partial charge is 0.0626 e. The standard InChI is InChI=1S/C47H33NS/c1-2-13-37-41-28-33(36-15-8-16-40-38-14-4-5-18-44(38)49-47(36)40)23-26-43(41)48(42(37)17-3-1)34-12-7-11-32(27-34)35-24-21-31-20-19-29-9-6-10-30-22-25-39(35)46(31)45(29)30/h1-16,18-28,38,41,43-44H,17H2. The number of hydrogen-bond acceptors (Lipinski definition) is 2. The van der Waals surface area contributed by atoms with E-state index in [1.165, 1.54) is 82.0 Å². The third-order valence-corrected chi connectivity index (χ3v) is 12.7. The van der Waals surface area contributed by atoms with Crippen LogP contribution in [0.5, 0.6) is 0 Å². The van der Waals surface area contributed by atoms with Gasteiger partial charge < -0.3 is 4.90 Å². The number of thioether (sulfide) groups is 1. The monoisotopic (exact) mass is 643 g/mol. The normalized spacial score (nSPS) is 23.3. The maximum atomic E-state index is 2.62. The van der Waals surface area contributed by atoms with Crippen molar-refractivity contribution >= 4 is 55.3 Å². The molecule has 0 spiro atoms. The highest BCUT2D eigenvalue weighted by Gasteiger charge is 2.40. The first-order valence-corrected chi connectivity index (χ1v) is 18.4. The highest BCUT2D eigenvalue weighted by molar-refractivity contribution is 8.00. The van der Waals surface area contributed by atoms with Crippen molar-refractivity contribution in [3.8, 4) is 11.1 Å². The van der Waals surface area contributed by atoms with Crippen LogP contribution in [-0.2, 0) is 0 Å². The highest BCUT2D eigenvalue weighted by Crippen LogP contribution is 2.52. The zero-order valence-electron chi connectivity index (χ0n) is 27.0. The topological polar surface area (TPSA) is 3.24 Å². The van der Waals surface area contributed by atoms with Gasteiger partial charge >= 0.3 is 0 Å². The molecule has 0 amide bonds. The summed E-state index contributed by atoms with van der Waals surface area (Å²) in [6, 6.07) is 36.9. The minimum absolute atomic E-state index is 0.236. The second-order valence-electron chi connectivity index (χ2n) is 13.9. The number of allylic oxidation sites excluding steroid dienone is 9. The third kappa shape index (κ3) is 4.08. The van der Waals surface area contributed by atoms with Crippen LogP contribution < -0.4 is 4.90 Å². The van der Waals surface area contributed by atoms with Crippen molar-refractivity contribution in [2.75, 3.05) is 4.90 Å². The molecule has 6 aromatic carbocycles. The molecule has 2 heterocycles. The summed E-state index contributed by atoms with van der Waals surface area (Å²) < 4.78 is 0. The van der Waals surface area contributed by atoms with E-state index in [4.69, 9.17) is 0 Å². The van der Waals surface area contributed by atoms with Gasteiger partial charge in [-0.25, -0.2) is 0 Å². The summed E-state index contributed by atoms with van der Waals surface area (Å²) in [5.41, 5.74) is 10.8. The molecule has 0 N–H and O–H groups in total. The van der Waals surface area contributed by atoms with Crippen LogP contribution in [-0.4, -0.2) is 11.3 Å². The van der Waals surface area contributed by atoms with E-state index >= 15 is 0 Å². The molecule has 232 valence electrons. The quantitative estimate of drug-likeness (QED) is 0.177. The maximum absolute atomic E-state index is 2.62. The van der Waals surface area contributed by atoms with E-state index in [-0.39, 0.29) is 12.0 Å². The van der Waals surface area contributed by atoms with Gasteiger partial charge in [-0.2, -0.15) is 0 Å². The average Bonchev–Trinajstić information content (AvgIpc) is 3.58. The van der Waals surface area contributed by atoms with Crippen molar-refractivity contribution in [1.82, 2.24) is 0 Å². The van der Waals surface area contributed by atoms with Gasteiger partial charge in [-0.3, -0.25) is 0 Å². The van der Waals surface area contributed by atoms with E-state index in [0.29, 0.717) is 11.2 Å². The number of nitrogens with zero attached hydrogens (tertiary/aromatic N) is 1. The Labute approximate surface area is 291 Å². The first-order valence-electron chi connectivity index (χ1n) is 17.5. The van der Waals surface area contributed by atoms with E-state index in [2.05, 4.69) is 169 Å². The zero-order chi connectivity index (χ0) is 32.1. The van der Waals surface area contributed by atoms with Gasteiger partial charge in [0.2, 0.25) is 0 Å². The summed E-state index contributed by atoms with van der Waals surface area (Å²) in [4.78, 5) is 4.07. The van der Waals surface area contributed by atoms with Crippen molar-refractivity contribution in [2.45, 2.75) is 28.5 Å².